The van der Waals surface area contributed by atoms with E-state index in [0.717, 1.165) is 24.0 Å². The predicted octanol–water partition coefficient (Wildman–Crippen LogP) is 2.93. The van der Waals surface area contributed by atoms with Crippen molar-refractivity contribution in [1.82, 2.24) is 0 Å². The molecule has 1 fully saturated rings. The van der Waals surface area contributed by atoms with Crippen LogP contribution in [0.1, 0.15) is 12.0 Å². The van der Waals surface area contributed by atoms with E-state index in [4.69, 9.17) is 9.47 Å². The summed E-state index contributed by atoms with van der Waals surface area (Å²) in [5.74, 6) is 0. The maximum absolute atomic E-state index is 5.47. The molecule has 1 heterocycles. The van der Waals surface area contributed by atoms with E-state index in [2.05, 4.69) is 40.3 Å². The van der Waals surface area contributed by atoms with Gasteiger partial charge in [-0.25, -0.2) is 0 Å². The first-order valence-corrected chi connectivity index (χ1v) is 6.24. The molecule has 0 amide bonds. The molecule has 0 saturated carbocycles. The molecule has 0 aliphatic carbocycles. The van der Waals surface area contributed by atoms with Gasteiger partial charge in [-0.15, -0.1) is 0 Å². The zero-order chi connectivity index (χ0) is 11.4. The van der Waals surface area contributed by atoms with Gasteiger partial charge in [0.05, 0.1) is 12.7 Å². The molecule has 88 valence electrons. The fraction of sp³-hybridized carbons (Fsp3) is 0.500. The Kier molecular flexibility index (Phi) is 4.21. The Labute approximate surface area is 104 Å². The summed E-state index contributed by atoms with van der Waals surface area (Å²) in [5.41, 5.74) is 2.40. The van der Waals surface area contributed by atoms with E-state index >= 15 is 0 Å². The van der Waals surface area contributed by atoms with Gasteiger partial charge in [-0.05, 0) is 37.1 Å². The van der Waals surface area contributed by atoms with Gasteiger partial charge in [-0.1, -0.05) is 15.9 Å². The monoisotopic (exact) mass is 285 g/mol. The van der Waals surface area contributed by atoms with Gasteiger partial charge in [0, 0.05) is 16.7 Å². The molecule has 0 aromatic heterocycles. The second-order valence-electron chi connectivity index (χ2n) is 3.94. The third-order valence-corrected chi connectivity index (χ3v) is 3.17. The Morgan fingerprint density at radius 2 is 2.38 bits per heavy atom. The molecule has 1 aromatic rings. The molecule has 2 rings (SSSR count). The minimum absolute atomic E-state index is 0.261. The SMILES string of the molecule is Cc1cc(Br)ccc1NCC1CCOCO1. The lowest BCUT2D eigenvalue weighted by molar-refractivity contribution is -0.133. The van der Waals surface area contributed by atoms with E-state index in [1.54, 1.807) is 0 Å². The van der Waals surface area contributed by atoms with Crippen molar-refractivity contribution in [3.63, 3.8) is 0 Å². The number of ether oxygens (including phenoxy) is 2. The summed E-state index contributed by atoms with van der Waals surface area (Å²) >= 11 is 3.45. The van der Waals surface area contributed by atoms with Crippen LogP contribution in [0.4, 0.5) is 5.69 Å². The minimum atomic E-state index is 0.261. The fourth-order valence-corrected chi connectivity index (χ4v) is 2.19. The zero-order valence-corrected chi connectivity index (χ0v) is 10.9. The zero-order valence-electron chi connectivity index (χ0n) is 9.33. The third-order valence-electron chi connectivity index (χ3n) is 2.68. The van der Waals surface area contributed by atoms with Crippen molar-refractivity contribution in [3.05, 3.63) is 28.2 Å². The van der Waals surface area contributed by atoms with E-state index in [1.807, 2.05) is 6.07 Å². The molecule has 16 heavy (non-hydrogen) atoms. The molecule has 0 spiro atoms. The van der Waals surface area contributed by atoms with Crippen LogP contribution in [0, 0.1) is 6.92 Å². The smallest absolute Gasteiger partial charge is 0.147 e. The molecule has 1 aliphatic rings. The first kappa shape index (κ1) is 11.9. The molecule has 1 unspecified atom stereocenters. The molecule has 1 saturated heterocycles. The van der Waals surface area contributed by atoms with E-state index < -0.39 is 0 Å². The van der Waals surface area contributed by atoms with E-state index in [-0.39, 0.29) is 6.10 Å². The molecule has 4 heteroatoms. The Balaban J connectivity index is 1.88. The molecule has 3 nitrogen and oxygen atoms in total. The Hall–Kier alpha value is -0.580. The van der Waals surface area contributed by atoms with E-state index in [1.165, 1.54) is 11.3 Å². The number of nitrogens with one attached hydrogen (secondary N) is 1. The summed E-state index contributed by atoms with van der Waals surface area (Å²) < 4.78 is 11.7. The van der Waals surface area contributed by atoms with Crippen LogP contribution in [-0.4, -0.2) is 26.0 Å². The summed E-state index contributed by atoms with van der Waals surface area (Å²) in [4.78, 5) is 0. The Morgan fingerprint density at radius 3 is 3.06 bits per heavy atom. The maximum Gasteiger partial charge on any atom is 0.147 e. The predicted molar refractivity (Wildman–Crippen MR) is 67.7 cm³/mol. The highest BCUT2D eigenvalue weighted by Crippen LogP contribution is 2.20. The van der Waals surface area contributed by atoms with Crippen LogP contribution in [0.2, 0.25) is 0 Å². The highest BCUT2D eigenvalue weighted by Gasteiger charge is 2.13. The van der Waals surface area contributed by atoms with Gasteiger partial charge in [-0.3, -0.25) is 0 Å². The number of aryl methyl sites for hydroxylation is 1. The van der Waals surface area contributed by atoms with Crippen molar-refractivity contribution in [2.75, 3.05) is 25.3 Å². The summed E-state index contributed by atoms with van der Waals surface area (Å²) in [7, 11) is 0. The van der Waals surface area contributed by atoms with Crippen LogP contribution < -0.4 is 5.32 Å². The van der Waals surface area contributed by atoms with Gasteiger partial charge >= 0.3 is 0 Å². The van der Waals surface area contributed by atoms with Gasteiger partial charge in [0.1, 0.15) is 6.79 Å². The standard InChI is InChI=1S/C12H16BrNO2/c1-9-6-10(13)2-3-12(9)14-7-11-4-5-15-8-16-11/h2-3,6,11,14H,4-5,7-8H2,1H3. The van der Waals surface area contributed by atoms with Crippen LogP contribution in [0.5, 0.6) is 0 Å². The third kappa shape index (κ3) is 3.20. The van der Waals surface area contributed by atoms with Crippen molar-refractivity contribution in [2.45, 2.75) is 19.4 Å². The van der Waals surface area contributed by atoms with Gasteiger partial charge in [-0.2, -0.15) is 0 Å². The summed E-state index contributed by atoms with van der Waals surface area (Å²) in [6.45, 7) is 4.15. The van der Waals surface area contributed by atoms with Crippen LogP contribution in [0.25, 0.3) is 0 Å². The Bertz CT molecular complexity index is 351. The van der Waals surface area contributed by atoms with Crippen LogP contribution in [-0.2, 0) is 9.47 Å². The van der Waals surface area contributed by atoms with Crippen molar-refractivity contribution in [1.29, 1.82) is 0 Å². The quantitative estimate of drug-likeness (QED) is 0.926. The lowest BCUT2D eigenvalue weighted by atomic mass is 10.2. The first-order chi connectivity index (χ1) is 7.75. The van der Waals surface area contributed by atoms with E-state index in [9.17, 15) is 0 Å². The summed E-state index contributed by atoms with van der Waals surface area (Å²) in [6.07, 6.45) is 1.22. The van der Waals surface area contributed by atoms with Gasteiger partial charge in [0.15, 0.2) is 0 Å². The van der Waals surface area contributed by atoms with Crippen molar-refractivity contribution < 1.29 is 9.47 Å². The first-order valence-electron chi connectivity index (χ1n) is 5.45. The number of anilines is 1. The molecule has 0 bridgehead atoms. The average molecular weight is 286 g/mol. The van der Waals surface area contributed by atoms with Crippen molar-refractivity contribution in [2.24, 2.45) is 0 Å². The average Bonchev–Trinajstić information content (AvgIpc) is 2.29. The summed E-state index contributed by atoms with van der Waals surface area (Å²) in [5, 5.41) is 3.41. The van der Waals surface area contributed by atoms with Crippen molar-refractivity contribution in [3.8, 4) is 0 Å². The highest BCUT2D eigenvalue weighted by molar-refractivity contribution is 9.10. The van der Waals surface area contributed by atoms with Gasteiger partial charge < -0.3 is 14.8 Å². The highest BCUT2D eigenvalue weighted by atomic mass is 79.9. The number of halogens is 1. The van der Waals surface area contributed by atoms with Crippen LogP contribution in [0.15, 0.2) is 22.7 Å². The molecule has 1 atom stereocenters. The minimum Gasteiger partial charge on any atom is -0.382 e. The lowest BCUT2D eigenvalue weighted by Gasteiger charge is -2.23. The normalized spacial score (nSPS) is 20.8. The molecular weight excluding hydrogens is 270 g/mol. The molecule has 1 aliphatic heterocycles. The largest absolute Gasteiger partial charge is 0.382 e. The number of hydrogen-bond donors (Lipinski definition) is 1. The van der Waals surface area contributed by atoms with Gasteiger partial charge in [0.2, 0.25) is 0 Å². The molecule has 0 radical (unpaired) electrons. The van der Waals surface area contributed by atoms with Crippen LogP contribution in [0.3, 0.4) is 0 Å². The molecule has 1 aromatic carbocycles. The Morgan fingerprint density at radius 1 is 1.50 bits per heavy atom. The lowest BCUT2D eigenvalue weighted by Crippen LogP contribution is -2.30. The van der Waals surface area contributed by atoms with Crippen LogP contribution >= 0.6 is 15.9 Å². The van der Waals surface area contributed by atoms with Crippen molar-refractivity contribution >= 4 is 21.6 Å². The molecule has 1 N–H and O–H groups in total. The van der Waals surface area contributed by atoms with E-state index in [0.29, 0.717) is 6.79 Å². The summed E-state index contributed by atoms with van der Waals surface area (Å²) in [6, 6.07) is 6.23. The topological polar surface area (TPSA) is 30.5 Å². The van der Waals surface area contributed by atoms with Gasteiger partial charge in [0.25, 0.3) is 0 Å². The molecular formula is C12H16BrNO2. The second kappa shape index (κ2) is 5.66. The maximum atomic E-state index is 5.47. The number of rotatable bonds is 3. The number of benzene rings is 1. The fourth-order valence-electron chi connectivity index (χ4n) is 1.71. The second-order valence-corrected chi connectivity index (χ2v) is 4.86. The number of hydrogen-bond acceptors (Lipinski definition) is 3.